The zero-order valence-corrected chi connectivity index (χ0v) is 15.5. The van der Waals surface area contributed by atoms with Crippen LogP contribution in [-0.2, 0) is 16.3 Å². The van der Waals surface area contributed by atoms with E-state index in [9.17, 15) is 18.6 Å². The molecule has 0 aliphatic carbocycles. The molecule has 0 amide bonds. The lowest BCUT2D eigenvalue weighted by atomic mass is 10.1. The van der Waals surface area contributed by atoms with E-state index in [1.807, 2.05) is 18.2 Å². The summed E-state index contributed by atoms with van der Waals surface area (Å²) in [5, 5.41) is 18.7. The molecule has 140 valence electrons. The van der Waals surface area contributed by atoms with Crippen molar-refractivity contribution < 1.29 is 18.6 Å². The fraction of sp³-hybridized carbons (Fsp3) is 0.400. The molecule has 3 rings (SSSR count). The second-order valence-electron chi connectivity index (χ2n) is 6.84. The Morgan fingerprint density at radius 3 is 2.46 bits per heavy atom. The number of unbranched alkanes of at least 4 members (excludes halogenated alkanes) is 1. The molecule has 0 radical (unpaired) electrons. The number of benzene rings is 2. The summed E-state index contributed by atoms with van der Waals surface area (Å²) in [7, 11) is -3.35. The summed E-state index contributed by atoms with van der Waals surface area (Å²) in [6.07, 6.45) is 3.40. The van der Waals surface area contributed by atoms with Gasteiger partial charge in [0.15, 0.2) is 9.84 Å². The van der Waals surface area contributed by atoms with Gasteiger partial charge in [0.05, 0.1) is 10.1 Å². The lowest BCUT2D eigenvalue weighted by Crippen LogP contribution is -2.27. The molecule has 1 saturated heterocycles. The van der Waals surface area contributed by atoms with Gasteiger partial charge in [-0.05, 0) is 74.7 Å². The first-order valence-corrected chi connectivity index (χ1v) is 10.5. The number of aromatic hydroxyl groups is 2. The van der Waals surface area contributed by atoms with Crippen molar-refractivity contribution in [2.45, 2.75) is 35.8 Å². The number of aryl methyl sites for hydroxylation is 1. The summed E-state index contributed by atoms with van der Waals surface area (Å²) in [6.45, 7) is 2.22. The predicted molar refractivity (Wildman–Crippen MR) is 101 cm³/mol. The predicted octanol–water partition coefficient (Wildman–Crippen LogP) is 2.97. The van der Waals surface area contributed by atoms with Gasteiger partial charge in [0, 0.05) is 6.54 Å². The summed E-state index contributed by atoms with van der Waals surface area (Å²) in [5.41, 5.74) is 0.960. The smallest absolute Gasteiger partial charge is 0.182 e. The van der Waals surface area contributed by atoms with Gasteiger partial charge in [-0.25, -0.2) is 8.42 Å². The molecule has 1 aliphatic rings. The molecule has 1 fully saturated rings. The Kier molecular flexibility index (Phi) is 5.84. The van der Waals surface area contributed by atoms with Crippen molar-refractivity contribution in [3.63, 3.8) is 0 Å². The van der Waals surface area contributed by atoms with Crippen molar-refractivity contribution >= 4 is 9.84 Å². The van der Waals surface area contributed by atoms with Crippen LogP contribution in [0.15, 0.2) is 53.4 Å². The number of hydrogen-bond donors (Lipinski definition) is 2. The average Bonchev–Trinajstić information content (AvgIpc) is 3.10. The third-order valence-corrected chi connectivity index (χ3v) is 7.19. The number of phenols is 2. The molecular formula is C20H25NO4S. The third kappa shape index (κ3) is 4.37. The Morgan fingerprint density at radius 1 is 1.00 bits per heavy atom. The molecule has 5 nitrogen and oxygen atoms in total. The van der Waals surface area contributed by atoms with Gasteiger partial charge >= 0.3 is 0 Å². The lowest BCUT2D eigenvalue weighted by molar-refractivity contribution is 0.330. The van der Waals surface area contributed by atoms with Gasteiger partial charge in [0.1, 0.15) is 11.5 Å². The molecule has 26 heavy (non-hydrogen) atoms. The second kappa shape index (κ2) is 8.10. The lowest BCUT2D eigenvalue weighted by Gasteiger charge is -2.16. The average molecular weight is 375 g/mol. The van der Waals surface area contributed by atoms with Gasteiger partial charge in [-0.3, -0.25) is 0 Å². The van der Waals surface area contributed by atoms with Gasteiger partial charge in [0.25, 0.3) is 0 Å². The number of rotatable bonds is 7. The highest BCUT2D eigenvalue weighted by Gasteiger charge is 2.33. The number of nitrogens with zero attached hydrogens (tertiary/aromatic N) is 1. The van der Waals surface area contributed by atoms with Crippen LogP contribution in [0.3, 0.4) is 0 Å². The Balaban J connectivity index is 1.48. The molecule has 1 unspecified atom stereocenters. The minimum atomic E-state index is -3.35. The van der Waals surface area contributed by atoms with Crippen molar-refractivity contribution in [3.05, 3.63) is 54.1 Å². The second-order valence-corrected chi connectivity index (χ2v) is 9.06. The largest absolute Gasteiger partial charge is 0.508 e. The summed E-state index contributed by atoms with van der Waals surface area (Å²) in [4.78, 5) is 2.48. The van der Waals surface area contributed by atoms with Crippen LogP contribution in [0, 0.1) is 0 Å². The van der Waals surface area contributed by atoms with Crippen molar-refractivity contribution in [2.24, 2.45) is 0 Å². The monoisotopic (exact) mass is 375 g/mol. The van der Waals surface area contributed by atoms with Crippen LogP contribution in [0.5, 0.6) is 11.5 Å². The minimum absolute atomic E-state index is 0.0708. The van der Waals surface area contributed by atoms with E-state index in [0.717, 1.165) is 37.9 Å². The first-order valence-electron chi connectivity index (χ1n) is 8.99. The third-order valence-electron chi connectivity index (χ3n) is 5.00. The minimum Gasteiger partial charge on any atom is -0.508 e. The van der Waals surface area contributed by atoms with Gasteiger partial charge in [0.2, 0.25) is 0 Å². The van der Waals surface area contributed by atoms with E-state index in [4.69, 9.17) is 0 Å². The van der Waals surface area contributed by atoms with Gasteiger partial charge in [-0.2, -0.15) is 0 Å². The molecule has 0 aromatic heterocycles. The fourth-order valence-corrected chi connectivity index (χ4v) is 5.18. The zero-order valence-electron chi connectivity index (χ0n) is 14.7. The standard InChI is InChI=1S/C20H25NO4S/c22-17-8-10-18(11-9-17)26(24,25)19-12-14-21(15-19)13-4-3-6-16-5-1-2-7-20(16)23/h1-2,5,7-11,19,22-23H,3-4,6,12-15H2. The molecule has 0 bridgehead atoms. The number of sulfone groups is 1. The van der Waals surface area contributed by atoms with Crippen LogP contribution < -0.4 is 0 Å². The first-order chi connectivity index (χ1) is 12.5. The van der Waals surface area contributed by atoms with Crippen LogP contribution in [-0.4, -0.2) is 48.4 Å². The zero-order chi connectivity index (χ0) is 18.6. The number of phenolic OH excluding ortho intramolecular Hbond substituents is 2. The van der Waals surface area contributed by atoms with Crippen molar-refractivity contribution in [2.75, 3.05) is 19.6 Å². The molecule has 1 aliphatic heterocycles. The Morgan fingerprint density at radius 2 is 1.73 bits per heavy atom. The summed E-state index contributed by atoms with van der Waals surface area (Å²) in [5.74, 6) is 0.412. The molecule has 2 aromatic carbocycles. The molecule has 0 spiro atoms. The molecule has 2 aromatic rings. The SMILES string of the molecule is O=S(=O)(c1ccc(O)cc1)C1CCN(CCCCc2ccccc2O)C1. The van der Waals surface area contributed by atoms with E-state index in [1.54, 1.807) is 6.07 Å². The van der Waals surface area contributed by atoms with Gasteiger partial charge in [-0.1, -0.05) is 18.2 Å². The number of para-hydroxylation sites is 1. The number of hydrogen-bond acceptors (Lipinski definition) is 5. The quantitative estimate of drug-likeness (QED) is 0.728. The van der Waals surface area contributed by atoms with E-state index < -0.39 is 9.84 Å². The van der Waals surface area contributed by atoms with Crippen molar-refractivity contribution in [3.8, 4) is 11.5 Å². The molecule has 0 saturated carbocycles. The summed E-state index contributed by atoms with van der Waals surface area (Å²) >= 11 is 0. The summed E-state index contributed by atoms with van der Waals surface area (Å²) < 4.78 is 25.4. The van der Waals surface area contributed by atoms with E-state index >= 15 is 0 Å². The maximum absolute atomic E-state index is 12.7. The Hall–Kier alpha value is -2.05. The number of likely N-dealkylation sites (tertiary alicyclic amines) is 1. The molecule has 1 atom stereocenters. The fourth-order valence-electron chi connectivity index (χ4n) is 3.45. The van der Waals surface area contributed by atoms with Crippen LogP contribution in [0.4, 0.5) is 0 Å². The first kappa shape index (κ1) is 18.7. The van der Waals surface area contributed by atoms with E-state index in [1.165, 1.54) is 24.3 Å². The molecule has 6 heteroatoms. The Bertz CT molecular complexity index is 833. The van der Waals surface area contributed by atoms with Gasteiger partial charge < -0.3 is 15.1 Å². The van der Waals surface area contributed by atoms with E-state index in [-0.39, 0.29) is 15.9 Å². The van der Waals surface area contributed by atoms with Crippen LogP contribution in [0.1, 0.15) is 24.8 Å². The van der Waals surface area contributed by atoms with E-state index in [0.29, 0.717) is 18.7 Å². The van der Waals surface area contributed by atoms with Gasteiger partial charge in [-0.15, -0.1) is 0 Å². The highest BCUT2D eigenvalue weighted by Crippen LogP contribution is 2.25. The Labute approximate surface area is 154 Å². The molecule has 2 N–H and O–H groups in total. The van der Waals surface area contributed by atoms with E-state index in [2.05, 4.69) is 4.90 Å². The highest BCUT2D eigenvalue weighted by molar-refractivity contribution is 7.92. The maximum atomic E-state index is 12.7. The van der Waals surface area contributed by atoms with Crippen molar-refractivity contribution in [1.29, 1.82) is 0 Å². The van der Waals surface area contributed by atoms with Crippen molar-refractivity contribution in [1.82, 2.24) is 4.90 Å². The topological polar surface area (TPSA) is 77.8 Å². The van der Waals surface area contributed by atoms with Crippen LogP contribution in [0.25, 0.3) is 0 Å². The van der Waals surface area contributed by atoms with Crippen LogP contribution in [0.2, 0.25) is 0 Å². The summed E-state index contributed by atoms with van der Waals surface area (Å²) in [6, 6.07) is 13.2. The van der Waals surface area contributed by atoms with Crippen LogP contribution >= 0.6 is 0 Å². The normalized spacial score (nSPS) is 18.2. The molecule has 1 heterocycles. The highest BCUT2D eigenvalue weighted by atomic mass is 32.2. The molecular weight excluding hydrogens is 350 g/mol. The maximum Gasteiger partial charge on any atom is 0.182 e.